The number of hydrogen-bond donors (Lipinski definition) is 1. The third-order valence-electron chi connectivity index (χ3n) is 4.64. The maximum atomic E-state index is 13.2. The van der Waals surface area contributed by atoms with Gasteiger partial charge in [-0.15, -0.1) is 0 Å². The Bertz CT molecular complexity index is 942. The molecule has 2 aromatic carbocycles. The fourth-order valence-corrected chi connectivity index (χ4v) is 3.43. The number of piperidine rings is 1. The zero-order valence-corrected chi connectivity index (χ0v) is 16.1. The van der Waals surface area contributed by atoms with E-state index >= 15 is 0 Å². The zero-order chi connectivity index (χ0) is 19.9. The maximum Gasteiger partial charge on any atom is 0.271 e. The minimum atomic E-state index is -0.423. The van der Waals surface area contributed by atoms with Crippen LogP contribution in [0.15, 0.2) is 60.3 Å². The molecule has 0 aliphatic carbocycles. The highest BCUT2D eigenvalue weighted by atomic mass is 35.5. The van der Waals surface area contributed by atoms with Gasteiger partial charge in [0.1, 0.15) is 5.70 Å². The Morgan fingerprint density at radius 1 is 0.964 bits per heavy atom. The van der Waals surface area contributed by atoms with Crippen LogP contribution in [0.4, 0.5) is 0 Å². The lowest BCUT2D eigenvalue weighted by Crippen LogP contribution is -2.41. The van der Waals surface area contributed by atoms with Crippen LogP contribution in [0.3, 0.4) is 0 Å². The molecule has 3 rings (SSSR count). The quantitative estimate of drug-likeness (QED) is 0.800. The Hall–Kier alpha value is -3.10. The molecule has 0 unspecified atom stereocenters. The van der Waals surface area contributed by atoms with E-state index in [1.165, 1.54) is 0 Å². The van der Waals surface area contributed by atoms with E-state index in [9.17, 15) is 14.9 Å². The van der Waals surface area contributed by atoms with Gasteiger partial charge in [-0.1, -0.05) is 48.0 Å². The molecule has 6 heteroatoms. The molecule has 2 aromatic rings. The summed E-state index contributed by atoms with van der Waals surface area (Å²) in [6, 6.07) is 17.5. The van der Waals surface area contributed by atoms with Crippen molar-refractivity contribution in [3.05, 3.63) is 77.0 Å². The van der Waals surface area contributed by atoms with Crippen molar-refractivity contribution in [3.63, 3.8) is 0 Å². The summed E-state index contributed by atoms with van der Waals surface area (Å²) in [5, 5.41) is 12.1. The summed E-state index contributed by atoms with van der Waals surface area (Å²) in [5.74, 6) is -0.754. The lowest BCUT2D eigenvalue weighted by molar-refractivity contribution is -0.128. The standard InChI is InChI=1S/C22H20ClN3O2/c23-19(18-12-6-5-11-17(18)15-24)20(22(28)26-13-7-2-8-14-26)25-21(27)16-9-3-1-4-10-16/h1,3-6,9-12H,2,7-8,13-14H2,(H,25,27). The zero-order valence-electron chi connectivity index (χ0n) is 15.3. The van der Waals surface area contributed by atoms with Crippen molar-refractivity contribution in [2.45, 2.75) is 19.3 Å². The van der Waals surface area contributed by atoms with Gasteiger partial charge in [-0.25, -0.2) is 0 Å². The molecule has 0 aromatic heterocycles. The SMILES string of the molecule is N#Cc1ccccc1C(Cl)=C(NC(=O)c1ccccc1)C(=O)N1CCCCC1. The van der Waals surface area contributed by atoms with Crippen LogP contribution in [-0.4, -0.2) is 29.8 Å². The molecule has 0 saturated carbocycles. The summed E-state index contributed by atoms with van der Waals surface area (Å²) in [6.45, 7) is 1.24. The van der Waals surface area contributed by atoms with Gasteiger partial charge in [-0.2, -0.15) is 5.26 Å². The van der Waals surface area contributed by atoms with Gasteiger partial charge < -0.3 is 10.2 Å². The monoisotopic (exact) mass is 393 g/mol. The highest BCUT2D eigenvalue weighted by Crippen LogP contribution is 2.27. The first kappa shape index (κ1) is 19.7. The number of nitriles is 1. The molecule has 142 valence electrons. The molecule has 0 bridgehead atoms. The van der Waals surface area contributed by atoms with E-state index in [1.54, 1.807) is 53.4 Å². The molecule has 0 atom stereocenters. The van der Waals surface area contributed by atoms with Crippen LogP contribution in [0.1, 0.15) is 40.7 Å². The lowest BCUT2D eigenvalue weighted by atomic mass is 10.1. The van der Waals surface area contributed by atoms with Crippen molar-refractivity contribution in [3.8, 4) is 6.07 Å². The molecular weight excluding hydrogens is 374 g/mol. The average molecular weight is 394 g/mol. The van der Waals surface area contributed by atoms with E-state index in [1.807, 2.05) is 6.07 Å². The molecule has 5 nitrogen and oxygen atoms in total. The topological polar surface area (TPSA) is 73.2 Å². The first-order valence-electron chi connectivity index (χ1n) is 9.16. The van der Waals surface area contributed by atoms with E-state index in [4.69, 9.17) is 11.6 Å². The molecule has 1 aliphatic rings. The molecule has 1 N–H and O–H groups in total. The molecule has 1 heterocycles. The Morgan fingerprint density at radius 3 is 2.29 bits per heavy atom. The van der Waals surface area contributed by atoms with Crippen molar-refractivity contribution >= 4 is 28.4 Å². The molecule has 1 saturated heterocycles. The van der Waals surface area contributed by atoms with E-state index in [2.05, 4.69) is 11.4 Å². The number of benzene rings is 2. The van der Waals surface area contributed by atoms with Gasteiger partial charge in [-0.05, 0) is 37.5 Å². The van der Waals surface area contributed by atoms with Crippen LogP contribution in [0.2, 0.25) is 0 Å². The van der Waals surface area contributed by atoms with Crippen LogP contribution in [-0.2, 0) is 4.79 Å². The number of halogens is 1. The van der Waals surface area contributed by atoms with E-state index in [0.29, 0.717) is 29.8 Å². The third-order valence-corrected chi connectivity index (χ3v) is 5.03. The number of rotatable bonds is 4. The number of amides is 2. The van der Waals surface area contributed by atoms with Gasteiger partial charge >= 0.3 is 0 Å². The fraction of sp³-hybridized carbons (Fsp3) is 0.227. The molecule has 28 heavy (non-hydrogen) atoms. The second-order valence-electron chi connectivity index (χ2n) is 6.52. The van der Waals surface area contributed by atoms with Gasteiger partial charge in [-0.3, -0.25) is 9.59 Å². The van der Waals surface area contributed by atoms with Crippen molar-refractivity contribution < 1.29 is 9.59 Å². The largest absolute Gasteiger partial charge is 0.337 e. The predicted octanol–water partition coefficient (Wildman–Crippen LogP) is 3.91. The van der Waals surface area contributed by atoms with Gasteiger partial charge in [0.05, 0.1) is 16.7 Å². The minimum Gasteiger partial charge on any atom is -0.337 e. The lowest BCUT2D eigenvalue weighted by Gasteiger charge is -2.28. The molecule has 1 aliphatic heterocycles. The normalized spacial score (nSPS) is 14.6. The fourth-order valence-electron chi connectivity index (χ4n) is 3.14. The Kier molecular flexibility index (Phi) is 6.46. The number of nitrogens with one attached hydrogen (secondary N) is 1. The molecule has 2 amide bonds. The first-order valence-corrected chi connectivity index (χ1v) is 9.54. The summed E-state index contributed by atoms with van der Waals surface area (Å²) in [4.78, 5) is 27.6. The minimum absolute atomic E-state index is 0.000111. The second kappa shape index (κ2) is 9.20. The molecular formula is C22H20ClN3O2. The van der Waals surface area contributed by atoms with Crippen LogP contribution in [0.25, 0.3) is 5.03 Å². The summed E-state index contributed by atoms with van der Waals surface area (Å²) in [6.07, 6.45) is 2.90. The van der Waals surface area contributed by atoms with E-state index in [-0.39, 0.29) is 16.6 Å². The van der Waals surface area contributed by atoms with Crippen molar-refractivity contribution in [2.75, 3.05) is 13.1 Å². The maximum absolute atomic E-state index is 13.2. The highest BCUT2D eigenvalue weighted by molar-refractivity contribution is 6.51. The van der Waals surface area contributed by atoms with Crippen LogP contribution in [0, 0.1) is 11.3 Å². The predicted molar refractivity (Wildman–Crippen MR) is 108 cm³/mol. The number of carbonyl (C=O) groups excluding carboxylic acids is 2. The number of likely N-dealkylation sites (tertiary alicyclic amines) is 1. The number of carbonyl (C=O) groups is 2. The Morgan fingerprint density at radius 2 is 1.61 bits per heavy atom. The summed E-state index contributed by atoms with van der Waals surface area (Å²) < 4.78 is 0. The van der Waals surface area contributed by atoms with Gasteiger partial charge in [0.2, 0.25) is 0 Å². The van der Waals surface area contributed by atoms with Crippen molar-refractivity contribution in [2.24, 2.45) is 0 Å². The summed E-state index contributed by atoms with van der Waals surface area (Å²) >= 11 is 6.57. The first-order chi connectivity index (χ1) is 13.6. The van der Waals surface area contributed by atoms with Crippen LogP contribution < -0.4 is 5.32 Å². The van der Waals surface area contributed by atoms with Gasteiger partial charge in [0, 0.05) is 24.2 Å². The summed E-state index contributed by atoms with van der Waals surface area (Å²) in [7, 11) is 0. The number of nitrogens with zero attached hydrogens (tertiary/aromatic N) is 2. The number of hydrogen-bond acceptors (Lipinski definition) is 3. The molecule has 0 spiro atoms. The third kappa shape index (κ3) is 4.41. The Balaban J connectivity index is 2.01. The van der Waals surface area contributed by atoms with Crippen LogP contribution >= 0.6 is 11.6 Å². The van der Waals surface area contributed by atoms with Gasteiger partial charge in [0.25, 0.3) is 11.8 Å². The van der Waals surface area contributed by atoms with Crippen LogP contribution in [0.5, 0.6) is 0 Å². The average Bonchev–Trinajstić information content (AvgIpc) is 2.77. The summed E-state index contributed by atoms with van der Waals surface area (Å²) in [5.41, 5.74) is 1.18. The van der Waals surface area contributed by atoms with Crippen molar-refractivity contribution in [1.29, 1.82) is 5.26 Å². The molecule has 0 radical (unpaired) electrons. The van der Waals surface area contributed by atoms with Gasteiger partial charge in [0.15, 0.2) is 0 Å². The smallest absolute Gasteiger partial charge is 0.271 e. The van der Waals surface area contributed by atoms with E-state index in [0.717, 1.165) is 19.3 Å². The highest BCUT2D eigenvalue weighted by Gasteiger charge is 2.26. The molecule has 1 fully saturated rings. The van der Waals surface area contributed by atoms with Crippen molar-refractivity contribution in [1.82, 2.24) is 10.2 Å². The second-order valence-corrected chi connectivity index (χ2v) is 6.90. The van der Waals surface area contributed by atoms with E-state index < -0.39 is 5.91 Å². The Labute approximate surface area is 169 Å².